The summed E-state index contributed by atoms with van der Waals surface area (Å²) in [4.78, 5) is 14.2. The fourth-order valence-electron chi connectivity index (χ4n) is 2.43. The topological polar surface area (TPSA) is 78.5 Å². The average Bonchev–Trinajstić information content (AvgIpc) is 3.05. The Hall–Kier alpha value is -1.70. The van der Waals surface area contributed by atoms with E-state index in [0.29, 0.717) is 31.1 Å². The van der Waals surface area contributed by atoms with Crippen molar-refractivity contribution in [3.05, 3.63) is 40.5 Å². The van der Waals surface area contributed by atoms with E-state index in [1.54, 1.807) is 11.0 Å². The number of benzene rings is 1. The third-order valence-corrected chi connectivity index (χ3v) is 4.18. The van der Waals surface area contributed by atoms with Gasteiger partial charge in [-0.05, 0) is 18.2 Å². The van der Waals surface area contributed by atoms with Gasteiger partial charge in [0.25, 0.3) is 5.91 Å². The lowest BCUT2D eigenvalue weighted by Crippen LogP contribution is -2.50. The van der Waals surface area contributed by atoms with Gasteiger partial charge in [0, 0.05) is 16.6 Å². The zero-order valence-corrected chi connectivity index (χ0v) is 13.4. The molecule has 0 aliphatic carbocycles. The highest BCUT2D eigenvalue weighted by atomic mass is 79.9. The van der Waals surface area contributed by atoms with E-state index in [0.717, 1.165) is 10.0 Å². The number of aromatic amines is 1. The fourth-order valence-corrected chi connectivity index (χ4v) is 2.69. The number of halogens is 1. The van der Waals surface area contributed by atoms with Crippen molar-refractivity contribution in [1.29, 1.82) is 0 Å². The second-order valence-electron chi connectivity index (χ2n) is 5.08. The lowest BCUT2D eigenvalue weighted by molar-refractivity contribution is -0.0186. The van der Waals surface area contributed by atoms with E-state index in [1.807, 2.05) is 24.3 Å². The van der Waals surface area contributed by atoms with Crippen LogP contribution >= 0.6 is 15.9 Å². The highest BCUT2D eigenvalue weighted by molar-refractivity contribution is 9.10. The van der Waals surface area contributed by atoms with E-state index < -0.39 is 0 Å². The summed E-state index contributed by atoms with van der Waals surface area (Å²) >= 11 is 3.39. The largest absolute Gasteiger partial charge is 0.394 e. The summed E-state index contributed by atoms with van der Waals surface area (Å²) in [6.45, 7) is 1.20. The van der Waals surface area contributed by atoms with Crippen LogP contribution in [0.5, 0.6) is 0 Å². The predicted octanol–water partition coefficient (Wildman–Crippen LogP) is 1.67. The van der Waals surface area contributed by atoms with Gasteiger partial charge in [0.2, 0.25) is 0 Å². The summed E-state index contributed by atoms with van der Waals surface area (Å²) in [5, 5.41) is 16.3. The molecular formula is C15H16BrN3O3. The molecule has 1 amide bonds. The molecule has 1 aromatic carbocycles. The van der Waals surface area contributed by atoms with Crippen molar-refractivity contribution in [2.75, 3.05) is 26.4 Å². The predicted molar refractivity (Wildman–Crippen MR) is 84.5 cm³/mol. The molecule has 1 fully saturated rings. The summed E-state index contributed by atoms with van der Waals surface area (Å²) in [7, 11) is 0. The van der Waals surface area contributed by atoms with Crippen molar-refractivity contribution in [3.63, 3.8) is 0 Å². The van der Waals surface area contributed by atoms with Gasteiger partial charge in [0.15, 0.2) is 0 Å². The highest BCUT2D eigenvalue weighted by Crippen LogP contribution is 2.21. The number of aliphatic hydroxyl groups excluding tert-OH is 1. The van der Waals surface area contributed by atoms with Gasteiger partial charge in [-0.3, -0.25) is 9.89 Å². The molecule has 1 aromatic heterocycles. The number of H-pyrrole nitrogens is 1. The standard InChI is InChI=1S/C15H16BrN3O3/c16-11-3-1-10(2-4-11)13-7-14(18-17-13)15(21)19-5-6-22-9-12(19)8-20/h1-4,7,12,20H,5-6,8-9H2,(H,17,18). The van der Waals surface area contributed by atoms with Gasteiger partial charge in [-0.25, -0.2) is 0 Å². The first-order valence-corrected chi connectivity index (χ1v) is 7.79. The van der Waals surface area contributed by atoms with Gasteiger partial charge < -0.3 is 14.7 Å². The Morgan fingerprint density at radius 3 is 2.95 bits per heavy atom. The van der Waals surface area contributed by atoms with Gasteiger partial charge >= 0.3 is 0 Å². The average molecular weight is 366 g/mol. The first-order valence-electron chi connectivity index (χ1n) is 7.00. The molecule has 0 radical (unpaired) electrons. The fraction of sp³-hybridized carbons (Fsp3) is 0.333. The number of ether oxygens (including phenoxy) is 1. The Morgan fingerprint density at radius 1 is 1.45 bits per heavy atom. The van der Waals surface area contributed by atoms with E-state index in [1.165, 1.54) is 0 Å². The quantitative estimate of drug-likeness (QED) is 0.867. The van der Waals surface area contributed by atoms with Crippen LogP contribution in [0, 0.1) is 0 Å². The van der Waals surface area contributed by atoms with E-state index >= 15 is 0 Å². The van der Waals surface area contributed by atoms with Crippen LogP contribution < -0.4 is 0 Å². The maximum absolute atomic E-state index is 12.5. The molecule has 6 nitrogen and oxygen atoms in total. The van der Waals surface area contributed by atoms with E-state index in [4.69, 9.17) is 4.74 Å². The number of aromatic nitrogens is 2. The summed E-state index contributed by atoms with van der Waals surface area (Å²) in [6.07, 6.45) is 0. The highest BCUT2D eigenvalue weighted by Gasteiger charge is 2.28. The normalized spacial score (nSPS) is 18.5. The second kappa shape index (κ2) is 6.60. The molecule has 0 saturated carbocycles. The van der Waals surface area contributed by atoms with Crippen LogP contribution in [0.3, 0.4) is 0 Å². The molecule has 2 N–H and O–H groups in total. The number of morpholine rings is 1. The summed E-state index contributed by atoms with van der Waals surface area (Å²) in [5.41, 5.74) is 2.06. The molecule has 22 heavy (non-hydrogen) atoms. The zero-order valence-electron chi connectivity index (χ0n) is 11.8. The summed E-state index contributed by atoms with van der Waals surface area (Å²) in [5.74, 6) is -0.168. The van der Waals surface area contributed by atoms with Crippen LogP contribution in [-0.4, -0.2) is 58.5 Å². The number of rotatable bonds is 3. The van der Waals surface area contributed by atoms with Gasteiger partial charge in [-0.2, -0.15) is 5.10 Å². The van der Waals surface area contributed by atoms with Gasteiger partial charge in [0.05, 0.1) is 31.6 Å². The number of carbonyl (C=O) groups is 1. The molecule has 1 aliphatic heterocycles. The summed E-state index contributed by atoms with van der Waals surface area (Å²) in [6, 6.07) is 9.14. The maximum atomic E-state index is 12.5. The number of nitrogens with zero attached hydrogens (tertiary/aromatic N) is 2. The SMILES string of the molecule is O=C(c1cc(-c2ccc(Br)cc2)n[nH]1)N1CCOCC1CO. The number of hydrogen-bond acceptors (Lipinski definition) is 4. The lowest BCUT2D eigenvalue weighted by Gasteiger charge is -2.34. The molecule has 1 saturated heterocycles. The Labute approximate surface area is 136 Å². The van der Waals surface area contributed by atoms with Crippen molar-refractivity contribution >= 4 is 21.8 Å². The van der Waals surface area contributed by atoms with Crippen molar-refractivity contribution in [3.8, 4) is 11.3 Å². The molecule has 1 aliphatic rings. The van der Waals surface area contributed by atoms with Crippen molar-refractivity contribution in [1.82, 2.24) is 15.1 Å². The molecular weight excluding hydrogens is 350 g/mol. The van der Waals surface area contributed by atoms with Crippen LogP contribution in [0.15, 0.2) is 34.8 Å². The number of carbonyl (C=O) groups excluding carboxylic acids is 1. The van der Waals surface area contributed by atoms with Gasteiger partial charge in [0.1, 0.15) is 5.69 Å². The third-order valence-electron chi connectivity index (χ3n) is 3.65. The Kier molecular flexibility index (Phi) is 4.56. The zero-order chi connectivity index (χ0) is 15.5. The van der Waals surface area contributed by atoms with E-state index in [-0.39, 0.29) is 18.6 Å². The van der Waals surface area contributed by atoms with Crippen molar-refractivity contribution in [2.45, 2.75) is 6.04 Å². The van der Waals surface area contributed by atoms with Crippen LogP contribution in [0.25, 0.3) is 11.3 Å². The Morgan fingerprint density at radius 2 is 2.23 bits per heavy atom. The van der Waals surface area contributed by atoms with E-state index in [9.17, 15) is 9.90 Å². The molecule has 0 spiro atoms. The molecule has 7 heteroatoms. The molecule has 2 heterocycles. The molecule has 0 bridgehead atoms. The number of aliphatic hydroxyl groups is 1. The third kappa shape index (κ3) is 3.06. The first-order chi connectivity index (χ1) is 10.7. The minimum atomic E-state index is -0.305. The van der Waals surface area contributed by atoms with Crippen molar-refractivity contribution < 1.29 is 14.6 Å². The van der Waals surface area contributed by atoms with Crippen LogP contribution in [0.4, 0.5) is 0 Å². The van der Waals surface area contributed by atoms with E-state index in [2.05, 4.69) is 26.1 Å². The molecule has 3 rings (SSSR count). The smallest absolute Gasteiger partial charge is 0.272 e. The number of nitrogens with one attached hydrogen (secondary N) is 1. The first kappa shape index (κ1) is 15.2. The molecule has 1 atom stereocenters. The molecule has 1 unspecified atom stereocenters. The van der Waals surface area contributed by atoms with Crippen LogP contribution in [0.2, 0.25) is 0 Å². The minimum Gasteiger partial charge on any atom is -0.394 e. The second-order valence-corrected chi connectivity index (χ2v) is 6.00. The number of hydrogen-bond donors (Lipinski definition) is 2. The maximum Gasteiger partial charge on any atom is 0.272 e. The molecule has 116 valence electrons. The lowest BCUT2D eigenvalue weighted by atomic mass is 10.1. The van der Waals surface area contributed by atoms with Crippen molar-refractivity contribution in [2.24, 2.45) is 0 Å². The summed E-state index contributed by atoms with van der Waals surface area (Å²) < 4.78 is 6.28. The number of amides is 1. The Bertz CT molecular complexity index is 656. The van der Waals surface area contributed by atoms with Crippen LogP contribution in [-0.2, 0) is 4.74 Å². The Balaban J connectivity index is 1.80. The monoisotopic (exact) mass is 365 g/mol. The van der Waals surface area contributed by atoms with Crippen LogP contribution in [0.1, 0.15) is 10.5 Å². The van der Waals surface area contributed by atoms with Gasteiger partial charge in [-0.1, -0.05) is 28.1 Å². The minimum absolute atomic E-state index is 0.112. The van der Waals surface area contributed by atoms with Gasteiger partial charge in [-0.15, -0.1) is 0 Å². The molecule has 2 aromatic rings.